The SMILES string of the molecule is CCOC1C[C@H]2CC[C@@H](OC(=O)c3ccc(O)cc3)[C@H]2C(OCC)O1. The van der Waals surface area contributed by atoms with E-state index in [-0.39, 0.29) is 30.0 Å². The van der Waals surface area contributed by atoms with Crippen LogP contribution in [0.15, 0.2) is 24.3 Å². The number of esters is 1. The molecule has 0 radical (unpaired) electrons. The summed E-state index contributed by atoms with van der Waals surface area (Å²) in [5, 5.41) is 9.34. The average molecular weight is 350 g/mol. The molecule has 1 N–H and O–H groups in total. The number of rotatable bonds is 6. The van der Waals surface area contributed by atoms with Crippen LogP contribution in [0, 0.1) is 11.8 Å². The van der Waals surface area contributed by atoms with Crippen LogP contribution in [0.2, 0.25) is 0 Å². The molecule has 0 bridgehead atoms. The van der Waals surface area contributed by atoms with Crippen LogP contribution in [0.3, 0.4) is 0 Å². The molecule has 1 saturated carbocycles. The van der Waals surface area contributed by atoms with E-state index < -0.39 is 6.29 Å². The van der Waals surface area contributed by atoms with E-state index in [1.807, 2.05) is 13.8 Å². The van der Waals surface area contributed by atoms with Crippen LogP contribution in [0.1, 0.15) is 43.5 Å². The summed E-state index contributed by atoms with van der Waals surface area (Å²) in [6, 6.07) is 6.08. The molecule has 2 fully saturated rings. The maximum absolute atomic E-state index is 12.4. The molecular weight excluding hydrogens is 324 g/mol. The topological polar surface area (TPSA) is 74.2 Å². The Hall–Kier alpha value is -1.63. The number of ether oxygens (including phenoxy) is 4. The van der Waals surface area contributed by atoms with Gasteiger partial charge < -0.3 is 24.1 Å². The number of carbonyl (C=O) groups is 1. The fraction of sp³-hybridized carbons (Fsp3) is 0.632. The van der Waals surface area contributed by atoms with Crippen LogP contribution in [-0.4, -0.2) is 43.0 Å². The zero-order valence-electron chi connectivity index (χ0n) is 14.7. The van der Waals surface area contributed by atoms with E-state index in [2.05, 4.69) is 0 Å². The van der Waals surface area contributed by atoms with Gasteiger partial charge in [-0.15, -0.1) is 0 Å². The molecule has 1 aliphatic heterocycles. The van der Waals surface area contributed by atoms with Gasteiger partial charge in [0.1, 0.15) is 11.9 Å². The highest BCUT2D eigenvalue weighted by molar-refractivity contribution is 5.89. The second-order valence-electron chi connectivity index (χ2n) is 6.49. The zero-order chi connectivity index (χ0) is 17.8. The Kier molecular flexibility index (Phi) is 5.93. The van der Waals surface area contributed by atoms with E-state index >= 15 is 0 Å². The third-order valence-corrected chi connectivity index (χ3v) is 4.94. The maximum atomic E-state index is 12.4. The van der Waals surface area contributed by atoms with E-state index in [1.165, 1.54) is 12.1 Å². The Bertz CT molecular complexity index is 572. The quantitative estimate of drug-likeness (QED) is 0.795. The second kappa shape index (κ2) is 8.17. The lowest BCUT2D eigenvalue weighted by molar-refractivity contribution is -0.300. The number of hydrogen-bond donors (Lipinski definition) is 1. The molecule has 25 heavy (non-hydrogen) atoms. The van der Waals surface area contributed by atoms with Crippen molar-refractivity contribution in [3.05, 3.63) is 29.8 Å². The smallest absolute Gasteiger partial charge is 0.338 e. The van der Waals surface area contributed by atoms with Crippen molar-refractivity contribution in [2.45, 2.75) is 51.8 Å². The van der Waals surface area contributed by atoms with Crippen LogP contribution in [0.4, 0.5) is 0 Å². The predicted molar refractivity (Wildman–Crippen MR) is 90.1 cm³/mol. The van der Waals surface area contributed by atoms with Crippen molar-refractivity contribution in [1.82, 2.24) is 0 Å². The van der Waals surface area contributed by atoms with Crippen LogP contribution in [0.25, 0.3) is 0 Å². The number of benzene rings is 1. The standard InChI is InChI=1S/C19H26O6/c1-3-22-16-11-13-7-10-15(17(13)19(25-16)23-4-2)24-18(21)12-5-8-14(20)9-6-12/h5-6,8-9,13,15-17,19-20H,3-4,7,10-11H2,1-2H3/t13-,15-,16?,17+,19?/m1/s1. The third kappa shape index (κ3) is 4.14. The van der Waals surface area contributed by atoms with Gasteiger partial charge in [-0.05, 0) is 56.9 Å². The minimum Gasteiger partial charge on any atom is -0.508 e. The van der Waals surface area contributed by atoms with Gasteiger partial charge in [0.2, 0.25) is 0 Å². The summed E-state index contributed by atoms with van der Waals surface area (Å²) in [5.41, 5.74) is 0.429. The number of carbonyl (C=O) groups excluding carboxylic acids is 1. The fourth-order valence-corrected chi connectivity index (χ4v) is 3.83. The highest BCUT2D eigenvalue weighted by Crippen LogP contribution is 2.44. The van der Waals surface area contributed by atoms with Gasteiger partial charge in [0.25, 0.3) is 0 Å². The van der Waals surface area contributed by atoms with Crippen molar-refractivity contribution in [1.29, 1.82) is 0 Å². The fourth-order valence-electron chi connectivity index (χ4n) is 3.83. The number of aromatic hydroxyl groups is 1. The zero-order valence-corrected chi connectivity index (χ0v) is 14.7. The summed E-state index contributed by atoms with van der Waals surface area (Å²) >= 11 is 0. The van der Waals surface area contributed by atoms with Crippen LogP contribution < -0.4 is 0 Å². The lowest BCUT2D eigenvalue weighted by atomic mass is 9.88. The van der Waals surface area contributed by atoms with E-state index in [4.69, 9.17) is 18.9 Å². The first-order valence-corrected chi connectivity index (χ1v) is 9.01. The maximum Gasteiger partial charge on any atom is 0.338 e. The van der Waals surface area contributed by atoms with Crippen LogP contribution in [0.5, 0.6) is 5.75 Å². The highest BCUT2D eigenvalue weighted by atomic mass is 16.8. The molecule has 2 aliphatic rings. The summed E-state index contributed by atoms with van der Waals surface area (Å²) in [7, 11) is 0. The van der Waals surface area contributed by atoms with Crippen molar-refractivity contribution in [3.63, 3.8) is 0 Å². The molecule has 1 heterocycles. The van der Waals surface area contributed by atoms with Gasteiger partial charge in [-0.1, -0.05) is 0 Å². The van der Waals surface area contributed by atoms with E-state index in [0.29, 0.717) is 24.7 Å². The Morgan fingerprint density at radius 2 is 1.88 bits per heavy atom. The van der Waals surface area contributed by atoms with E-state index in [1.54, 1.807) is 12.1 Å². The monoisotopic (exact) mass is 350 g/mol. The van der Waals surface area contributed by atoms with Gasteiger partial charge in [0.15, 0.2) is 12.6 Å². The van der Waals surface area contributed by atoms with E-state index in [0.717, 1.165) is 19.3 Å². The van der Waals surface area contributed by atoms with Gasteiger partial charge in [-0.3, -0.25) is 0 Å². The molecular formula is C19H26O6. The summed E-state index contributed by atoms with van der Waals surface area (Å²) in [4.78, 5) is 12.4. The Balaban J connectivity index is 1.68. The molecule has 3 rings (SSSR count). The highest BCUT2D eigenvalue weighted by Gasteiger charge is 2.49. The Morgan fingerprint density at radius 3 is 2.56 bits per heavy atom. The molecule has 6 nitrogen and oxygen atoms in total. The summed E-state index contributed by atoms with van der Waals surface area (Å²) in [5.74, 6) is 0.126. The number of phenolic OH excluding ortho intramolecular Hbond substituents is 1. The molecule has 2 unspecified atom stereocenters. The van der Waals surface area contributed by atoms with Crippen LogP contribution in [-0.2, 0) is 18.9 Å². The van der Waals surface area contributed by atoms with Gasteiger partial charge >= 0.3 is 5.97 Å². The van der Waals surface area contributed by atoms with Crippen molar-refractivity contribution in [2.75, 3.05) is 13.2 Å². The molecule has 6 heteroatoms. The molecule has 1 aromatic carbocycles. The normalized spacial score (nSPS) is 31.5. The Morgan fingerprint density at radius 1 is 1.16 bits per heavy atom. The summed E-state index contributed by atoms with van der Waals surface area (Å²) in [6.07, 6.45) is 1.66. The van der Waals surface area contributed by atoms with Crippen LogP contribution >= 0.6 is 0 Å². The first kappa shape index (κ1) is 18.2. The van der Waals surface area contributed by atoms with Crippen molar-refractivity contribution < 1.29 is 28.8 Å². The summed E-state index contributed by atoms with van der Waals surface area (Å²) < 4.78 is 23.1. The lowest BCUT2D eigenvalue weighted by Crippen LogP contribution is -2.46. The average Bonchev–Trinajstić information content (AvgIpc) is 2.99. The molecule has 1 aromatic rings. The predicted octanol–water partition coefficient (Wildman–Crippen LogP) is 3.09. The molecule has 1 aliphatic carbocycles. The van der Waals surface area contributed by atoms with Gasteiger partial charge in [-0.2, -0.15) is 0 Å². The minimum atomic E-state index is -0.416. The van der Waals surface area contributed by atoms with Gasteiger partial charge in [-0.25, -0.2) is 4.79 Å². The number of phenols is 1. The molecule has 0 spiro atoms. The van der Waals surface area contributed by atoms with Crippen molar-refractivity contribution in [3.8, 4) is 5.75 Å². The molecule has 138 valence electrons. The molecule has 5 atom stereocenters. The lowest BCUT2D eigenvalue weighted by Gasteiger charge is -2.39. The van der Waals surface area contributed by atoms with E-state index in [9.17, 15) is 9.90 Å². The van der Waals surface area contributed by atoms with Gasteiger partial charge in [0, 0.05) is 19.6 Å². The number of fused-ring (bicyclic) bond motifs is 1. The molecule has 1 saturated heterocycles. The third-order valence-electron chi connectivity index (χ3n) is 4.94. The Labute approximate surface area is 148 Å². The largest absolute Gasteiger partial charge is 0.508 e. The van der Waals surface area contributed by atoms with Crippen molar-refractivity contribution >= 4 is 5.97 Å². The number of hydrogen-bond acceptors (Lipinski definition) is 6. The molecule has 0 aromatic heterocycles. The first-order chi connectivity index (χ1) is 12.1. The van der Waals surface area contributed by atoms with Crippen molar-refractivity contribution in [2.24, 2.45) is 11.8 Å². The molecule has 0 amide bonds. The summed E-state index contributed by atoms with van der Waals surface area (Å²) in [6.45, 7) is 5.00. The second-order valence-corrected chi connectivity index (χ2v) is 6.49. The minimum absolute atomic E-state index is 0.0257. The first-order valence-electron chi connectivity index (χ1n) is 9.01. The van der Waals surface area contributed by atoms with Gasteiger partial charge in [0.05, 0.1) is 11.5 Å².